The third kappa shape index (κ3) is 17.5. The minimum Gasteiger partial charge on any atom is -0.491 e. The fourth-order valence-electron chi connectivity index (χ4n) is 8.05. The second-order valence-electron chi connectivity index (χ2n) is 16.8. The van der Waals surface area contributed by atoms with Crippen molar-refractivity contribution in [3.8, 4) is 29.6 Å². The first-order chi connectivity index (χ1) is 36.6. The van der Waals surface area contributed by atoms with Crippen LogP contribution in [0, 0.1) is 22.8 Å². The van der Waals surface area contributed by atoms with Crippen molar-refractivity contribution in [1.82, 2.24) is 4.48 Å². The molecule has 14 nitrogen and oxygen atoms in total. The molecular formula is C56H67BF2I2N2O12. The molecule has 2 aliphatic rings. The first-order valence-corrected chi connectivity index (χ1v) is 27.0. The van der Waals surface area contributed by atoms with Crippen molar-refractivity contribution < 1.29 is 70.0 Å². The Labute approximate surface area is 467 Å². The number of nitrogens with zero attached hydrogens (tertiary/aromatic N) is 2. The topological polar surface area (TPSA) is 119 Å². The first-order valence-electron chi connectivity index (χ1n) is 24.8. The molecule has 1 aromatic heterocycles. The van der Waals surface area contributed by atoms with Gasteiger partial charge in [-0.05, 0) is 130 Å². The molecule has 0 saturated heterocycles. The van der Waals surface area contributed by atoms with Gasteiger partial charge >= 0.3 is 6.97 Å². The van der Waals surface area contributed by atoms with Crippen molar-refractivity contribution in [2.75, 3.05) is 140 Å². The maximum absolute atomic E-state index is 18.0. The Kier molecular flexibility index (Phi) is 25.8. The summed E-state index contributed by atoms with van der Waals surface area (Å²) in [5.41, 5.74) is 6.32. The van der Waals surface area contributed by atoms with Crippen LogP contribution in [0.1, 0.15) is 40.6 Å². The van der Waals surface area contributed by atoms with E-state index in [9.17, 15) is 0 Å². The van der Waals surface area contributed by atoms with E-state index >= 15 is 8.63 Å². The van der Waals surface area contributed by atoms with Crippen molar-refractivity contribution in [3.05, 3.63) is 131 Å². The Bertz CT molecular complexity index is 2610. The summed E-state index contributed by atoms with van der Waals surface area (Å²) < 4.78 is 106. The van der Waals surface area contributed by atoms with Crippen LogP contribution in [0.3, 0.4) is 0 Å². The predicted octanol–water partition coefficient (Wildman–Crippen LogP) is 9.64. The first kappa shape index (κ1) is 59.8. The smallest absolute Gasteiger partial charge is 0.491 e. The molecule has 0 unspecified atom stereocenters. The minimum atomic E-state index is -4.46. The lowest BCUT2D eigenvalue weighted by Gasteiger charge is -2.34. The van der Waals surface area contributed by atoms with Crippen LogP contribution in [0.5, 0.6) is 17.2 Å². The number of methoxy groups -OCH3 is 2. The van der Waals surface area contributed by atoms with Gasteiger partial charge in [0.2, 0.25) is 0 Å². The zero-order chi connectivity index (χ0) is 53.3. The molecule has 0 fully saturated rings. The maximum atomic E-state index is 18.0. The Balaban J connectivity index is 1.22. The second-order valence-corrected chi connectivity index (χ2v) is 19.0. The molecule has 19 heteroatoms. The number of terminal acetylenes is 1. The third-order valence-electron chi connectivity index (χ3n) is 11.7. The Morgan fingerprint density at radius 3 is 1.39 bits per heavy atom. The zero-order valence-electron chi connectivity index (χ0n) is 43.1. The summed E-state index contributed by atoms with van der Waals surface area (Å²) in [5.74, 6) is 4.39. The molecule has 2 aliphatic heterocycles. The van der Waals surface area contributed by atoms with Gasteiger partial charge in [0.05, 0.1) is 108 Å². The summed E-state index contributed by atoms with van der Waals surface area (Å²) in [4.78, 5) is 0. The second kappa shape index (κ2) is 32.3. The molecule has 3 heterocycles. The monoisotopic (exact) mass is 1260 g/mol. The molecule has 6 rings (SSSR count). The van der Waals surface area contributed by atoms with Crippen LogP contribution >= 0.6 is 45.2 Å². The van der Waals surface area contributed by atoms with E-state index in [4.69, 9.17) is 63.3 Å². The Morgan fingerprint density at radius 1 is 0.547 bits per heavy atom. The van der Waals surface area contributed by atoms with Crippen molar-refractivity contribution >= 4 is 81.7 Å². The highest BCUT2D eigenvalue weighted by molar-refractivity contribution is 14.1. The minimum absolute atomic E-state index is 0.255. The normalized spacial score (nSPS) is 14.1. The fourth-order valence-corrected chi connectivity index (χ4v) is 9.44. The average Bonchev–Trinajstić information content (AvgIpc) is 3.83. The van der Waals surface area contributed by atoms with Gasteiger partial charge in [0, 0.05) is 40.8 Å². The van der Waals surface area contributed by atoms with Crippen LogP contribution < -0.4 is 14.2 Å². The van der Waals surface area contributed by atoms with E-state index in [2.05, 4.69) is 51.1 Å². The van der Waals surface area contributed by atoms with Crippen LogP contribution in [-0.4, -0.2) is 161 Å². The molecule has 75 heavy (non-hydrogen) atoms. The molecular weight excluding hydrogens is 1200 g/mol. The lowest BCUT2D eigenvalue weighted by atomic mass is 9.83. The van der Waals surface area contributed by atoms with Crippen molar-refractivity contribution in [3.63, 3.8) is 0 Å². The van der Waals surface area contributed by atoms with Crippen LogP contribution in [0.25, 0.3) is 23.8 Å². The Morgan fingerprint density at radius 2 is 0.947 bits per heavy atom. The highest BCUT2D eigenvalue weighted by atomic mass is 127. The van der Waals surface area contributed by atoms with Crippen molar-refractivity contribution in [1.29, 1.82) is 0 Å². The summed E-state index contributed by atoms with van der Waals surface area (Å²) in [5, 5.41) is 0. The number of fused-ring (bicyclic) bond motifs is 2. The van der Waals surface area contributed by atoms with Gasteiger partial charge in [-0.3, -0.25) is 0 Å². The van der Waals surface area contributed by atoms with E-state index in [0.29, 0.717) is 165 Å². The van der Waals surface area contributed by atoms with Crippen molar-refractivity contribution in [2.24, 2.45) is 0 Å². The van der Waals surface area contributed by atoms with Gasteiger partial charge in [-0.2, -0.15) is 0 Å². The SMILES string of the molecule is C#CCOCCOCCOCCOc1ccc(C2=C3C(C)=C(I)C(/C=C/c4ccc(OCCOCCOCCOC)cc4)=[N+]3[B-](F)(F)n3c(/C=C/c4ccc(OCCOCCOCCOC)cc4)c(I)c(C)c32)cc1. The fraction of sp³-hybridized carbons (Fsp3) is 0.411. The lowest BCUT2D eigenvalue weighted by Crippen LogP contribution is -2.51. The van der Waals surface area contributed by atoms with Crippen LogP contribution in [0.4, 0.5) is 8.63 Å². The molecule has 0 aliphatic carbocycles. The number of hydrogen-bond donors (Lipinski definition) is 0. The number of rotatable bonds is 36. The molecule has 0 radical (unpaired) electrons. The number of aromatic nitrogens is 1. The van der Waals surface area contributed by atoms with Gasteiger partial charge in [0.25, 0.3) is 0 Å². The van der Waals surface area contributed by atoms with E-state index in [1.165, 1.54) is 8.96 Å². The molecule has 0 N–H and O–H groups in total. The van der Waals surface area contributed by atoms with Gasteiger partial charge in [-0.15, -0.1) is 6.42 Å². The highest BCUT2D eigenvalue weighted by Crippen LogP contribution is 2.48. The van der Waals surface area contributed by atoms with Gasteiger partial charge in [-0.1, -0.05) is 48.4 Å². The van der Waals surface area contributed by atoms with Gasteiger partial charge in [-0.25, -0.2) is 0 Å². The van der Waals surface area contributed by atoms with E-state index in [1.54, 1.807) is 26.4 Å². The third-order valence-corrected chi connectivity index (χ3v) is 14.4. The molecule has 0 saturated carbocycles. The maximum Gasteiger partial charge on any atom is 0.737 e. The number of hydrogen-bond acceptors (Lipinski definition) is 12. The number of halogens is 4. The van der Waals surface area contributed by atoms with Gasteiger partial charge in [0.15, 0.2) is 11.4 Å². The van der Waals surface area contributed by atoms with E-state index < -0.39 is 6.97 Å². The quantitative estimate of drug-likeness (QED) is 0.0187. The lowest BCUT2D eigenvalue weighted by molar-refractivity contribution is -0.362. The molecule has 404 valence electrons. The van der Waals surface area contributed by atoms with Crippen LogP contribution in [-0.2, 0) is 42.6 Å². The summed E-state index contributed by atoms with van der Waals surface area (Å²) in [7, 11) is 3.26. The Hall–Kier alpha value is -4.45. The van der Waals surface area contributed by atoms with Crippen LogP contribution in [0.2, 0.25) is 0 Å². The van der Waals surface area contributed by atoms with Crippen molar-refractivity contribution in [2.45, 2.75) is 13.8 Å². The summed E-state index contributed by atoms with van der Waals surface area (Å²) in [6, 6.07) is 22.6. The molecule has 0 atom stereocenters. The molecule has 0 bridgehead atoms. The molecule has 0 spiro atoms. The van der Waals surface area contributed by atoms with Gasteiger partial charge in [0.1, 0.15) is 43.7 Å². The standard InChI is InChI=1S/C56H67BF2I2N2O12/c1-6-23-66-28-29-69-32-35-72-38-41-75-49-19-13-46(14-20-49)52-55-42(2)53(60)50(21-11-44-7-15-47(16-8-44)73-39-36-70-33-30-67-26-24-64-4)62(55)57(58,59)63-51(54(61)43(3)56(52)63)22-12-45-9-17-48(18-10-45)74-40-37-71-34-31-68-27-25-65-5/h1,7-22H,23-41H2,2-5H3/b21-11+,22-12+. The molecule has 3 aromatic carbocycles. The number of benzene rings is 3. The van der Waals surface area contributed by atoms with E-state index in [-0.39, 0.29) is 6.61 Å². The number of ether oxygens (including phenoxy) is 12. The summed E-state index contributed by atoms with van der Waals surface area (Å²) in [6.07, 6.45) is 12.5. The predicted molar refractivity (Wildman–Crippen MR) is 305 cm³/mol. The zero-order valence-corrected chi connectivity index (χ0v) is 47.4. The van der Waals surface area contributed by atoms with Gasteiger partial charge < -0.3 is 74.4 Å². The average molecular weight is 1260 g/mol. The van der Waals surface area contributed by atoms with E-state index in [1.807, 2.05) is 98.8 Å². The number of allylic oxidation sites excluding steroid dienone is 3. The molecule has 4 aromatic rings. The molecule has 0 amide bonds. The largest absolute Gasteiger partial charge is 0.737 e. The van der Waals surface area contributed by atoms with E-state index in [0.717, 1.165) is 35.0 Å². The summed E-state index contributed by atoms with van der Waals surface area (Å²) >= 11 is 4.41. The highest BCUT2D eigenvalue weighted by Gasteiger charge is 2.57. The summed E-state index contributed by atoms with van der Waals surface area (Å²) in [6.45, 7) is 7.53. The van der Waals surface area contributed by atoms with Crippen LogP contribution in [0.15, 0.2) is 93.7 Å².